The molecule has 0 saturated heterocycles. The van der Waals surface area contributed by atoms with Gasteiger partial charge in [-0.15, -0.1) is 0 Å². The van der Waals surface area contributed by atoms with Crippen molar-refractivity contribution in [2.24, 2.45) is 0 Å². The van der Waals surface area contributed by atoms with Crippen molar-refractivity contribution in [3.05, 3.63) is 90.0 Å². The average Bonchev–Trinajstić information content (AvgIpc) is 2.79. The van der Waals surface area contributed by atoms with Gasteiger partial charge < -0.3 is 15.4 Å². The summed E-state index contributed by atoms with van der Waals surface area (Å²) in [5, 5.41) is 5.76. The van der Waals surface area contributed by atoms with Crippen LogP contribution in [0.3, 0.4) is 0 Å². The van der Waals surface area contributed by atoms with Crippen LogP contribution < -0.4 is 15.4 Å². The Hall–Kier alpha value is -3.60. The molecule has 3 aromatic rings. The Morgan fingerprint density at radius 1 is 0.839 bits per heavy atom. The molecule has 0 spiro atoms. The number of hydrogen-bond acceptors (Lipinski definition) is 3. The first-order valence-corrected chi connectivity index (χ1v) is 10.5. The Labute approximate surface area is 183 Å². The van der Waals surface area contributed by atoms with Gasteiger partial charge >= 0.3 is 0 Å². The number of benzene rings is 3. The van der Waals surface area contributed by atoms with Gasteiger partial charge in [-0.2, -0.15) is 0 Å². The van der Waals surface area contributed by atoms with Crippen LogP contribution in [0.15, 0.2) is 78.9 Å². The highest BCUT2D eigenvalue weighted by Gasteiger charge is 2.18. The highest BCUT2D eigenvalue weighted by Crippen LogP contribution is 2.18. The van der Waals surface area contributed by atoms with E-state index in [0.717, 1.165) is 11.1 Å². The minimum Gasteiger partial charge on any atom is -0.481 e. The lowest BCUT2D eigenvalue weighted by Gasteiger charge is -2.17. The lowest BCUT2D eigenvalue weighted by Crippen LogP contribution is -2.32. The molecule has 2 amide bonds. The second-order valence-corrected chi connectivity index (χ2v) is 7.43. The van der Waals surface area contributed by atoms with Crippen LogP contribution in [0, 0.1) is 6.92 Å². The minimum atomic E-state index is -0.583. The van der Waals surface area contributed by atoms with Crippen LogP contribution >= 0.6 is 0 Å². The molecule has 0 heterocycles. The van der Waals surface area contributed by atoms with Crippen molar-refractivity contribution in [3.63, 3.8) is 0 Å². The van der Waals surface area contributed by atoms with E-state index < -0.39 is 6.10 Å². The molecule has 1 atom stereocenters. The van der Waals surface area contributed by atoms with Crippen molar-refractivity contribution in [2.75, 3.05) is 10.6 Å². The summed E-state index contributed by atoms with van der Waals surface area (Å²) in [6, 6.07) is 24.6. The third kappa shape index (κ3) is 7.00. The molecule has 160 valence electrons. The largest absolute Gasteiger partial charge is 0.481 e. The molecule has 0 saturated carbocycles. The minimum absolute atomic E-state index is 0.0433. The van der Waals surface area contributed by atoms with E-state index in [9.17, 15) is 9.59 Å². The van der Waals surface area contributed by atoms with Gasteiger partial charge in [-0.1, -0.05) is 55.0 Å². The summed E-state index contributed by atoms with van der Waals surface area (Å²) in [6.45, 7) is 3.91. The summed E-state index contributed by atoms with van der Waals surface area (Å²) < 4.78 is 5.82. The highest BCUT2D eigenvalue weighted by atomic mass is 16.5. The third-order valence-corrected chi connectivity index (χ3v) is 4.88. The van der Waals surface area contributed by atoms with Gasteiger partial charge in [-0.25, -0.2) is 0 Å². The Morgan fingerprint density at radius 2 is 1.45 bits per heavy atom. The topological polar surface area (TPSA) is 67.4 Å². The predicted octanol–water partition coefficient (Wildman–Crippen LogP) is 5.36. The number of hydrogen-bond donors (Lipinski definition) is 2. The van der Waals surface area contributed by atoms with Crippen LogP contribution in [0.1, 0.15) is 30.9 Å². The fourth-order valence-corrected chi connectivity index (χ4v) is 3.09. The lowest BCUT2D eigenvalue weighted by atomic mass is 10.1. The van der Waals surface area contributed by atoms with Gasteiger partial charge in [0.15, 0.2) is 6.10 Å². The number of rotatable bonds is 9. The molecule has 5 heteroatoms. The van der Waals surface area contributed by atoms with Gasteiger partial charge in [0.05, 0.1) is 0 Å². The quantitative estimate of drug-likeness (QED) is 0.493. The monoisotopic (exact) mass is 416 g/mol. The van der Waals surface area contributed by atoms with Crippen molar-refractivity contribution in [2.45, 2.75) is 39.2 Å². The zero-order valence-corrected chi connectivity index (χ0v) is 17.9. The molecule has 0 bridgehead atoms. The SMILES string of the molecule is CCC(Oc1ccc(C)cc1)C(=O)Nc1ccc(NC(=O)CCc2ccccc2)cc1. The van der Waals surface area contributed by atoms with Gasteiger partial charge in [0.2, 0.25) is 5.91 Å². The van der Waals surface area contributed by atoms with Gasteiger partial charge in [0, 0.05) is 17.8 Å². The maximum absolute atomic E-state index is 12.6. The van der Waals surface area contributed by atoms with Crippen LogP contribution in [0.25, 0.3) is 0 Å². The maximum atomic E-state index is 12.6. The number of ether oxygens (including phenoxy) is 1. The molecule has 2 N–H and O–H groups in total. The number of amides is 2. The molecule has 3 aromatic carbocycles. The highest BCUT2D eigenvalue weighted by molar-refractivity contribution is 5.95. The standard InChI is InChI=1S/C26H28N2O3/c1-3-24(31-23-16-9-19(2)10-17-23)26(30)28-22-14-12-21(13-15-22)27-25(29)18-11-20-7-5-4-6-8-20/h4-10,12-17,24H,3,11,18H2,1-2H3,(H,27,29)(H,28,30). The molecule has 5 nitrogen and oxygen atoms in total. The number of anilines is 2. The zero-order chi connectivity index (χ0) is 22.1. The molecule has 0 aliphatic rings. The molecule has 0 radical (unpaired) electrons. The zero-order valence-electron chi connectivity index (χ0n) is 17.9. The second kappa shape index (κ2) is 11.0. The van der Waals surface area contributed by atoms with Gasteiger partial charge in [0.1, 0.15) is 5.75 Å². The molecule has 0 aliphatic carbocycles. The molecule has 0 aromatic heterocycles. The van der Waals surface area contributed by atoms with Crippen molar-refractivity contribution in [1.82, 2.24) is 0 Å². The fraction of sp³-hybridized carbons (Fsp3) is 0.231. The van der Waals surface area contributed by atoms with Gasteiger partial charge in [-0.3, -0.25) is 9.59 Å². The molecule has 3 rings (SSSR count). The number of nitrogens with one attached hydrogen (secondary N) is 2. The van der Waals surface area contributed by atoms with Gasteiger partial charge in [0.25, 0.3) is 5.91 Å². The van der Waals surface area contributed by atoms with E-state index in [1.165, 1.54) is 0 Å². The van der Waals surface area contributed by atoms with Crippen molar-refractivity contribution < 1.29 is 14.3 Å². The van der Waals surface area contributed by atoms with E-state index in [4.69, 9.17) is 4.74 Å². The molecular weight excluding hydrogens is 388 g/mol. The third-order valence-electron chi connectivity index (χ3n) is 4.88. The molecule has 31 heavy (non-hydrogen) atoms. The van der Waals surface area contributed by atoms with Crippen molar-refractivity contribution in [1.29, 1.82) is 0 Å². The Bertz CT molecular complexity index is 983. The van der Waals surface area contributed by atoms with E-state index in [0.29, 0.717) is 36.4 Å². The smallest absolute Gasteiger partial charge is 0.265 e. The van der Waals surface area contributed by atoms with E-state index >= 15 is 0 Å². The predicted molar refractivity (Wildman–Crippen MR) is 124 cm³/mol. The average molecular weight is 417 g/mol. The summed E-state index contributed by atoms with van der Waals surface area (Å²) in [5.41, 5.74) is 3.61. The van der Waals surface area contributed by atoms with Crippen LogP contribution in [0.2, 0.25) is 0 Å². The Morgan fingerprint density at radius 3 is 2.06 bits per heavy atom. The van der Waals surface area contributed by atoms with Gasteiger partial charge in [-0.05, 0) is 61.7 Å². The van der Waals surface area contributed by atoms with Crippen LogP contribution in [-0.2, 0) is 16.0 Å². The normalized spacial score (nSPS) is 11.4. The first-order chi connectivity index (χ1) is 15.0. The summed E-state index contributed by atoms with van der Waals surface area (Å²) in [5.74, 6) is 0.419. The summed E-state index contributed by atoms with van der Waals surface area (Å²) in [7, 11) is 0. The lowest BCUT2D eigenvalue weighted by molar-refractivity contribution is -0.122. The van der Waals surface area contributed by atoms with E-state index in [1.807, 2.05) is 68.4 Å². The Kier molecular flexibility index (Phi) is 7.82. The second-order valence-electron chi connectivity index (χ2n) is 7.43. The van der Waals surface area contributed by atoms with E-state index in [1.54, 1.807) is 24.3 Å². The number of aryl methyl sites for hydroxylation is 2. The molecule has 1 unspecified atom stereocenters. The summed E-state index contributed by atoms with van der Waals surface area (Å²) in [4.78, 5) is 24.8. The first-order valence-electron chi connectivity index (χ1n) is 10.5. The first kappa shape index (κ1) is 22.1. The summed E-state index contributed by atoms with van der Waals surface area (Å²) >= 11 is 0. The van der Waals surface area contributed by atoms with E-state index in [-0.39, 0.29) is 11.8 Å². The molecule has 0 aliphatic heterocycles. The van der Waals surface area contributed by atoms with E-state index in [2.05, 4.69) is 10.6 Å². The number of carbonyl (C=O) groups excluding carboxylic acids is 2. The number of carbonyl (C=O) groups is 2. The summed E-state index contributed by atoms with van der Waals surface area (Å²) in [6.07, 6.45) is 1.08. The molecule has 0 fully saturated rings. The maximum Gasteiger partial charge on any atom is 0.265 e. The van der Waals surface area contributed by atoms with Crippen molar-refractivity contribution in [3.8, 4) is 5.75 Å². The van der Waals surface area contributed by atoms with Crippen LogP contribution in [0.4, 0.5) is 11.4 Å². The molecular formula is C26H28N2O3. The van der Waals surface area contributed by atoms with Crippen LogP contribution in [-0.4, -0.2) is 17.9 Å². The Balaban J connectivity index is 1.50. The van der Waals surface area contributed by atoms with Crippen molar-refractivity contribution >= 4 is 23.2 Å². The fourth-order valence-electron chi connectivity index (χ4n) is 3.09. The van der Waals surface area contributed by atoms with Crippen LogP contribution in [0.5, 0.6) is 5.75 Å².